The highest BCUT2D eigenvalue weighted by molar-refractivity contribution is 7.18. The number of fused-ring (bicyclic) bond motifs is 1. The third-order valence-corrected chi connectivity index (χ3v) is 6.09. The van der Waals surface area contributed by atoms with Crippen LogP contribution in [0, 0.1) is 6.92 Å². The van der Waals surface area contributed by atoms with Crippen LogP contribution in [0.15, 0.2) is 36.4 Å². The van der Waals surface area contributed by atoms with Crippen molar-refractivity contribution in [1.82, 2.24) is 0 Å². The van der Waals surface area contributed by atoms with Gasteiger partial charge < -0.3 is 25.3 Å². The molecule has 0 fully saturated rings. The van der Waals surface area contributed by atoms with Gasteiger partial charge in [-0.1, -0.05) is 35.9 Å². The lowest BCUT2D eigenvalue weighted by molar-refractivity contribution is -0.118. The molecule has 0 bridgehead atoms. The summed E-state index contributed by atoms with van der Waals surface area (Å²) >= 11 is 7.12. The lowest BCUT2D eigenvalue weighted by Gasteiger charge is -2.11. The monoisotopic (exact) mass is 476 g/mol. The maximum atomic E-state index is 12.6. The minimum atomic E-state index is -0.706. The van der Waals surface area contributed by atoms with E-state index in [4.69, 9.17) is 31.5 Å². The van der Waals surface area contributed by atoms with Gasteiger partial charge in [0.1, 0.15) is 17.4 Å². The molecule has 0 saturated heterocycles. The second-order valence-corrected chi connectivity index (χ2v) is 8.11. The molecule has 0 radical (unpaired) electrons. The molecule has 3 N–H and O–H groups in total. The summed E-state index contributed by atoms with van der Waals surface area (Å²) in [5.41, 5.74) is 5.81. The number of halogens is 1. The Hall–Kier alpha value is -3.14. The number of benzene rings is 2. The van der Waals surface area contributed by atoms with Crippen molar-refractivity contribution in [3.05, 3.63) is 57.4 Å². The summed E-state index contributed by atoms with van der Waals surface area (Å²) < 4.78 is 15.7. The largest absolute Gasteiger partial charge is 0.483 e. The van der Waals surface area contributed by atoms with Crippen molar-refractivity contribution >= 4 is 56.5 Å². The summed E-state index contributed by atoms with van der Waals surface area (Å²) in [6.07, 6.45) is 0. The molecule has 0 aliphatic heterocycles. The van der Waals surface area contributed by atoms with Crippen LogP contribution in [0.5, 0.6) is 5.75 Å². The van der Waals surface area contributed by atoms with Gasteiger partial charge in [0, 0.05) is 22.9 Å². The average Bonchev–Trinajstić information content (AvgIpc) is 3.09. The minimum absolute atomic E-state index is 0.0245. The van der Waals surface area contributed by atoms with Crippen LogP contribution in [0.3, 0.4) is 0 Å². The molecule has 10 heteroatoms. The number of hydrogen-bond acceptors (Lipinski definition) is 7. The molecule has 0 saturated carbocycles. The van der Waals surface area contributed by atoms with Gasteiger partial charge in [-0.2, -0.15) is 0 Å². The molecule has 1 heterocycles. The number of nitrogens with one attached hydrogen (secondary N) is 1. The molecule has 3 rings (SSSR count). The van der Waals surface area contributed by atoms with Crippen molar-refractivity contribution in [3.63, 3.8) is 0 Å². The van der Waals surface area contributed by atoms with Crippen molar-refractivity contribution in [2.75, 3.05) is 32.2 Å². The number of ether oxygens (including phenoxy) is 3. The smallest absolute Gasteiger partial charge is 0.341 e. The summed E-state index contributed by atoms with van der Waals surface area (Å²) in [4.78, 5) is 37.0. The normalized spacial score (nSPS) is 10.7. The van der Waals surface area contributed by atoms with Gasteiger partial charge in [0.2, 0.25) is 0 Å². The van der Waals surface area contributed by atoms with Crippen LogP contribution >= 0.6 is 22.9 Å². The third kappa shape index (κ3) is 5.18. The molecule has 168 valence electrons. The van der Waals surface area contributed by atoms with Gasteiger partial charge in [0.15, 0.2) is 6.61 Å². The van der Waals surface area contributed by atoms with Gasteiger partial charge in [-0.25, -0.2) is 4.79 Å². The Kier molecular flexibility index (Phi) is 7.68. The van der Waals surface area contributed by atoms with E-state index in [1.807, 2.05) is 24.3 Å². The van der Waals surface area contributed by atoms with Gasteiger partial charge >= 0.3 is 5.97 Å². The van der Waals surface area contributed by atoms with E-state index in [2.05, 4.69) is 5.32 Å². The number of thiophene rings is 1. The quantitative estimate of drug-likeness (QED) is 0.358. The Morgan fingerprint density at radius 1 is 1.09 bits per heavy atom. The number of amides is 2. The van der Waals surface area contributed by atoms with E-state index >= 15 is 0 Å². The number of primary amides is 1. The number of esters is 1. The van der Waals surface area contributed by atoms with Crippen molar-refractivity contribution in [2.45, 2.75) is 6.92 Å². The lowest BCUT2D eigenvalue weighted by Crippen LogP contribution is -2.21. The molecule has 0 spiro atoms. The highest BCUT2D eigenvalue weighted by Gasteiger charge is 2.26. The second kappa shape index (κ2) is 10.4. The standard InChI is InChI=1S/C22H21ClN2O6S/c1-12-18(22(28)30-10-9-29-2)21(32-19(12)20(24)27)25-17(26)11-31-16-8-7-15(23)13-5-3-4-6-14(13)16/h3-8H,9-11H2,1-2H3,(H2,24,27)(H,25,26). The van der Waals surface area contributed by atoms with E-state index in [0.717, 1.165) is 22.1 Å². The molecule has 32 heavy (non-hydrogen) atoms. The van der Waals surface area contributed by atoms with Crippen LogP contribution in [0.2, 0.25) is 5.02 Å². The zero-order valence-corrected chi connectivity index (χ0v) is 19.0. The first kappa shape index (κ1) is 23.5. The molecule has 0 unspecified atom stereocenters. The summed E-state index contributed by atoms with van der Waals surface area (Å²) in [6.45, 7) is 1.47. The maximum absolute atomic E-state index is 12.6. The van der Waals surface area contributed by atoms with Crippen molar-refractivity contribution in [3.8, 4) is 5.75 Å². The molecular weight excluding hydrogens is 456 g/mol. The summed E-state index contributed by atoms with van der Waals surface area (Å²) in [7, 11) is 1.48. The molecule has 1 aromatic heterocycles. The van der Waals surface area contributed by atoms with E-state index in [9.17, 15) is 14.4 Å². The maximum Gasteiger partial charge on any atom is 0.341 e. The van der Waals surface area contributed by atoms with Crippen LogP contribution in [-0.4, -0.2) is 44.7 Å². The van der Waals surface area contributed by atoms with Crippen LogP contribution in [-0.2, 0) is 14.3 Å². The molecule has 2 aromatic carbocycles. The van der Waals surface area contributed by atoms with Gasteiger partial charge in [0.05, 0.1) is 17.0 Å². The fraction of sp³-hybridized carbons (Fsp3) is 0.227. The van der Waals surface area contributed by atoms with E-state index in [-0.39, 0.29) is 35.3 Å². The zero-order chi connectivity index (χ0) is 23.3. The number of methoxy groups -OCH3 is 1. The number of carbonyl (C=O) groups excluding carboxylic acids is 3. The van der Waals surface area contributed by atoms with Crippen LogP contribution in [0.25, 0.3) is 10.8 Å². The average molecular weight is 477 g/mol. The molecule has 0 aliphatic rings. The molecule has 2 amide bonds. The van der Waals surface area contributed by atoms with Crippen molar-refractivity contribution in [1.29, 1.82) is 0 Å². The number of rotatable bonds is 9. The third-order valence-electron chi connectivity index (χ3n) is 4.54. The number of nitrogens with two attached hydrogens (primary N) is 1. The topological polar surface area (TPSA) is 117 Å². The molecule has 0 atom stereocenters. The first-order chi connectivity index (χ1) is 15.3. The van der Waals surface area contributed by atoms with E-state index < -0.39 is 17.8 Å². The fourth-order valence-electron chi connectivity index (χ4n) is 3.04. The van der Waals surface area contributed by atoms with Crippen LogP contribution in [0.1, 0.15) is 25.6 Å². The Morgan fingerprint density at radius 3 is 2.50 bits per heavy atom. The van der Waals surface area contributed by atoms with Crippen LogP contribution < -0.4 is 15.8 Å². The molecule has 0 aliphatic carbocycles. The minimum Gasteiger partial charge on any atom is -0.483 e. The SMILES string of the molecule is COCCOC(=O)c1c(NC(=O)COc2ccc(Cl)c3ccccc23)sc(C(N)=O)c1C. The van der Waals surface area contributed by atoms with Gasteiger partial charge in [0.25, 0.3) is 11.8 Å². The Morgan fingerprint density at radius 2 is 1.81 bits per heavy atom. The molecule has 8 nitrogen and oxygen atoms in total. The van der Waals surface area contributed by atoms with E-state index in [1.54, 1.807) is 19.1 Å². The first-order valence-electron chi connectivity index (χ1n) is 9.52. The molecular formula is C22H21ClN2O6S. The van der Waals surface area contributed by atoms with Crippen molar-refractivity contribution in [2.24, 2.45) is 5.73 Å². The van der Waals surface area contributed by atoms with E-state index in [1.165, 1.54) is 7.11 Å². The first-order valence-corrected chi connectivity index (χ1v) is 10.7. The van der Waals surface area contributed by atoms with Gasteiger partial charge in [-0.15, -0.1) is 11.3 Å². The lowest BCUT2D eigenvalue weighted by atomic mass is 10.1. The predicted molar refractivity (Wildman–Crippen MR) is 123 cm³/mol. The van der Waals surface area contributed by atoms with E-state index in [0.29, 0.717) is 16.3 Å². The Bertz CT molecular complexity index is 1180. The number of carbonyl (C=O) groups is 3. The number of anilines is 1. The van der Waals surface area contributed by atoms with Gasteiger partial charge in [-0.3, -0.25) is 9.59 Å². The summed E-state index contributed by atoms with van der Waals surface area (Å²) in [5.74, 6) is -1.43. The van der Waals surface area contributed by atoms with Gasteiger partial charge in [-0.05, 0) is 24.6 Å². The summed E-state index contributed by atoms with van der Waals surface area (Å²) in [6, 6.07) is 10.8. The number of hydrogen-bond donors (Lipinski definition) is 2. The van der Waals surface area contributed by atoms with Crippen molar-refractivity contribution < 1.29 is 28.6 Å². The fourth-order valence-corrected chi connectivity index (χ4v) is 4.33. The summed E-state index contributed by atoms with van der Waals surface area (Å²) in [5, 5.41) is 4.91. The molecule has 3 aromatic rings. The zero-order valence-electron chi connectivity index (χ0n) is 17.4. The highest BCUT2D eigenvalue weighted by Crippen LogP contribution is 2.34. The van der Waals surface area contributed by atoms with Crippen LogP contribution in [0.4, 0.5) is 5.00 Å². The predicted octanol–water partition coefficient (Wildman–Crippen LogP) is 3.78. The highest BCUT2D eigenvalue weighted by atomic mass is 35.5. The Balaban J connectivity index is 1.77. The second-order valence-electron chi connectivity index (χ2n) is 6.68. The Labute approximate surface area is 193 Å².